The molecule has 13 heavy (non-hydrogen) atoms. The number of benzene rings is 1. The summed E-state index contributed by atoms with van der Waals surface area (Å²) in [7, 11) is 0. The Morgan fingerprint density at radius 3 is 2.85 bits per heavy atom. The van der Waals surface area contributed by atoms with Gasteiger partial charge < -0.3 is 10.2 Å². The number of aliphatic hydroxyl groups is 1. The van der Waals surface area contributed by atoms with Gasteiger partial charge in [-0.25, -0.2) is 0 Å². The second-order valence-corrected chi connectivity index (χ2v) is 4.12. The fraction of sp³-hybridized carbons (Fsp3) is 0.111. The maximum atomic E-state index is 9.33. The van der Waals surface area contributed by atoms with Crippen molar-refractivity contribution in [1.82, 2.24) is 0 Å². The summed E-state index contributed by atoms with van der Waals surface area (Å²) >= 11 is 7.09. The minimum Gasteiger partial charge on any atom is -0.498 e. The normalized spacial score (nSPS) is 10.9. The van der Waals surface area contributed by atoms with Crippen molar-refractivity contribution in [2.75, 3.05) is 0 Å². The number of halogens is 1. The zero-order valence-electron chi connectivity index (χ0n) is 6.62. The van der Waals surface area contributed by atoms with Crippen molar-refractivity contribution in [1.29, 1.82) is 0 Å². The SMILES string of the molecule is OCc1ccc2sc(O)c(Cl)c2c1. The summed E-state index contributed by atoms with van der Waals surface area (Å²) in [6.07, 6.45) is 0. The van der Waals surface area contributed by atoms with Crippen LogP contribution in [0, 0.1) is 0 Å². The molecule has 0 spiro atoms. The molecule has 0 unspecified atom stereocenters. The molecule has 0 saturated carbocycles. The van der Waals surface area contributed by atoms with E-state index in [0.29, 0.717) is 5.02 Å². The molecule has 0 aliphatic rings. The molecule has 0 bridgehead atoms. The van der Waals surface area contributed by atoms with E-state index in [-0.39, 0.29) is 11.7 Å². The fourth-order valence-corrected chi connectivity index (χ4v) is 2.34. The lowest BCUT2D eigenvalue weighted by atomic mass is 10.2. The molecule has 0 amide bonds. The molecule has 1 aromatic heterocycles. The lowest BCUT2D eigenvalue weighted by Crippen LogP contribution is -1.80. The first-order chi connectivity index (χ1) is 6.22. The summed E-state index contributed by atoms with van der Waals surface area (Å²) < 4.78 is 0.930. The molecule has 0 fully saturated rings. The summed E-state index contributed by atoms with van der Waals surface area (Å²) in [4.78, 5) is 0. The Hall–Kier alpha value is -0.770. The monoisotopic (exact) mass is 214 g/mol. The van der Waals surface area contributed by atoms with Gasteiger partial charge in [0.1, 0.15) is 5.02 Å². The molecule has 0 radical (unpaired) electrons. The molecule has 2 aromatic rings. The Balaban J connectivity index is 2.75. The van der Waals surface area contributed by atoms with Gasteiger partial charge in [-0.05, 0) is 17.7 Å². The van der Waals surface area contributed by atoms with Crippen LogP contribution in [0.3, 0.4) is 0 Å². The van der Waals surface area contributed by atoms with Gasteiger partial charge in [0.2, 0.25) is 0 Å². The van der Waals surface area contributed by atoms with E-state index < -0.39 is 0 Å². The topological polar surface area (TPSA) is 40.5 Å². The van der Waals surface area contributed by atoms with Gasteiger partial charge in [0, 0.05) is 10.1 Å². The van der Waals surface area contributed by atoms with Crippen molar-refractivity contribution in [3.63, 3.8) is 0 Å². The molecule has 2 rings (SSSR count). The van der Waals surface area contributed by atoms with E-state index >= 15 is 0 Å². The number of fused-ring (bicyclic) bond motifs is 1. The summed E-state index contributed by atoms with van der Waals surface area (Å²) in [5, 5.41) is 19.5. The number of thiophene rings is 1. The highest BCUT2D eigenvalue weighted by Crippen LogP contribution is 2.40. The quantitative estimate of drug-likeness (QED) is 0.767. The minimum atomic E-state index is -0.0110. The van der Waals surface area contributed by atoms with Crippen LogP contribution in [-0.4, -0.2) is 10.2 Å². The summed E-state index contributed by atoms with van der Waals surface area (Å²) in [6, 6.07) is 5.44. The lowest BCUT2D eigenvalue weighted by molar-refractivity contribution is 0.282. The molecule has 2 N–H and O–H groups in total. The summed E-state index contributed by atoms with van der Waals surface area (Å²) in [5.41, 5.74) is 0.798. The molecule has 2 nitrogen and oxygen atoms in total. The fourth-order valence-electron chi connectivity index (χ4n) is 1.20. The molecular formula is C9H7ClO2S. The molecule has 4 heteroatoms. The molecular weight excluding hydrogens is 208 g/mol. The third kappa shape index (κ3) is 1.39. The van der Waals surface area contributed by atoms with Crippen LogP contribution >= 0.6 is 22.9 Å². The predicted octanol–water partition coefficient (Wildman–Crippen LogP) is 2.75. The van der Waals surface area contributed by atoms with Crippen molar-refractivity contribution in [2.24, 2.45) is 0 Å². The zero-order valence-corrected chi connectivity index (χ0v) is 8.19. The van der Waals surface area contributed by atoms with Crippen LogP contribution in [0.2, 0.25) is 5.02 Å². The molecule has 0 saturated heterocycles. The third-order valence-electron chi connectivity index (χ3n) is 1.86. The number of hydrogen-bond donors (Lipinski definition) is 2. The Morgan fingerprint density at radius 2 is 2.15 bits per heavy atom. The molecule has 68 valence electrons. The number of hydrogen-bond acceptors (Lipinski definition) is 3. The van der Waals surface area contributed by atoms with Crippen LogP contribution < -0.4 is 0 Å². The van der Waals surface area contributed by atoms with Gasteiger partial charge in [-0.15, -0.1) is 0 Å². The number of aliphatic hydroxyl groups excluding tert-OH is 1. The standard InChI is InChI=1S/C9H7ClO2S/c10-8-6-3-5(4-11)1-2-7(6)13-9(8)12/h1-3,11-12H,4H2. The van der Waals surface area contributed by atoms with Gasteiger partial charge in [-0.3, -0.25) is 0 Å². The van der Waals surface area contributed by atoms with E-state index in [4.69, 9.17) is 16.7 Å². The Labute approximate surface area is 84.0 Å². The highest BCUT2D eigenvalue weighted by atomic mass is 35.5. The average molecular weight is 215 g/mol. The Bertz CT molecular complexity index is 450. The molecule has 0 aliphatic carbocycles. The predicted molar refractivity (Wildman–Crippen MR) is 54.4 cm³/mol. The molecule has 0 aliphatic heterocycles. The maximum absolute atomic E-state index is 9.33. The second kappa shape index (κ2) is 3.18. The van der Waals surface area contributed by atoms with Crippen LogP contribution in [0.4, 0.5) is 0 Å². The zero-order chi connectivity index (χ0) is 9.42. The second-order valence-electron chi connectivity index (χ2n) is 2.71. The Morgan fingerprint density at radius 1 is 1.38 bits per heavy atom. The summed E-state index contributed by atoms with van der Waals surface area (Å²) in [5.74, 6) is 0. The largest absolute Gasteiger partial charge is 0.498 e. The van der Waals surface area contributed by atoms with E-state index in [1.54, 1.807) is 6.07 Å². The molecule has 1 aromatic carbocycles. The smallest absolute Gasteiger partial charge is 0.191 e. The van der Waals surface area contributed by atoms with Crippen molar-refractivity contribution in [3.8, 4) is 5.06 Å². The minimum absolute atomic E-state index is 0.0110. The maximum Gasteiger partial charge on any atom is 0.191 e. The van der Waals surface area contributed by atoms with Crippen molar-refractivity contribution in [2.45, 2.75) is 6.61 Å². The molecule has 0 atom stereocenters. The van der Waals surface area contributed by atoms with E-state index in [2.05, 4.69) is 0 Å². The van der Waals surface area contributed by atoms with Crippen LogP contribution in [0.1, 0.15) is 5.56 Å². The van der Waals surface area contributed by atoms with Crippen LogP contribution in [0.25, 0.3) is 10.1 Å². The van der Waals surface area contributed by atoms with Gasteiger partial charge in [-0.2, -0.15) is 0 Å². The highest BCUT2D eigenvalue weighted by Gasteiger charge is 2.08. The van der Waals surface area contributed by atoms with Crippen molar-refractivity contribution >= 4 is 33.0 Å². The highest BCUT2D eigenvalue weighted by molar-refractivity contribution is 7.21. The van der Waals surface area contributed by atoms with Gasteiger partial charge in [0.15, 0.2) is 5.06 Å². The number of rotatable bonds is 1. The average Bonchev–Trinajstić information content (AvgIpc) is 2.43. The van der Waals surface area contributed by atoms with Gasteiger partial charge >= 0.3 is 0 Å². The van der Waals surface area contributed by atoms with E-state index in [9.17, 15) is 5.11 Å². The molecule has 1 heterocycles. The number of aromatic hydroxyl groups is 1. The van der Waals surface area contributed by atoms with Crippen LogP contribution in [-0.2, 0) is 6.61 Å². The van der Waals surface area contributed by atoms with Crippen molar-refractivity contribution in [3.05, 3.63) is 28.8 Å². The van der Waals surface area contributed by atoms with Crippen LogP contribution in [0.15, 0.2) is 18.2 Å². The van der Waals surface area contributed by atoms with Crippen LogP contribution in [0.5, 0.6) is 5.06 Å². The summed E-state index contributed by atoms with van der Waals surface area (Å²) in [6.45, 7) is -0.0110. The lowest BCUT2D eigenvalue weighted by Gasteiger charge is -1.95. The van der Waals surface area contributed by atoms with Gasteiger partial charge in [0.25, 0.3) is 0 Å². The first kappa shape index (κ1) is 8.81. The van der Waals surface area contributed by atoms with E-state index in [1.807, 2.05) is 12.1 Å². The van der Waals surface area contributed by atoms with E-state index in [0.717, 1.165) is 15.6 Å². The third-order valence-corrected chi connectivity index (χ3v) is 3.33. The van der Waals surface area contributed by atoms with Crippen molar-refractivity contribution < 1.29 is 10.2 Å². The van der Waals surface area contributed by atoms with Gasteiger partial charge in [-0.1, -0.05) is 29.0 Å². The first-order valence-electron chi connectivity index (χ1n) is 3.73. The first-order valence-corrected chi connectivity index (χ1v) is 4.92. The Kier molecular flexibility index (Phi) is 2.15. The van der Waals surface area contributed by atoms with E-state index in [1.165, 1.54) is 11.3 Å². The van der Waals surface area contributed by atoms with Gasteiger partial charge in [0.05, 0.1) is 6.61 Å².